The van der Waals surface area contributed by atoms with Crippen molar-refractivity contribution in [2.75, 3.05) is 25.0 Å². The van der Waals surface area contributed by atoms with E-state index in [-0.39, 0.29) is 0 Å². The number of hydrogen-bond donors (Lipinski definition) is 0. The van der Waals surface area contributed by atoms with Crippen LogP contribution in [0.4, 0.5) is 5.82 Å². The molecule has 0 spiro atoms. The van der Waals surface area contributed by atoms with Crippen molar-refractivity contribution in [1.82, 2.24) is 14.9 Å². The van der Waals surface area contributed by atoms with E-state index in [4.69, 9.17) is 16.6 Å². The Balaban J connectivity index is 1.38. The lowest BCUT2D eigenvalue weighted by Gasteiger charge is -2.26. The first-order valence-corrected chi connectivity index (χ1v) is 9.09. The third-order valence-corrected chi connectivity index (χ3v) is 5.33. The number of benzene rings is 1. The lowest BCUT2D eigenvalue weighted by atomic mass is 10.2. The molecular weight excluding hydrogens is 320 g/mol. The van der Waals surface area contributed by atoms with Crippen molar-refractivity contribution in [3.63, 3.8) is 0 Å². The first kappa shape index (κ1) is 15.9. The highest BCUT2D eigenvalue weighted by molar-refractivity contribution is 6.30. The van der Waals surface area contributed by atoms with Gasteiger partial charge in [0, 0.05) is 49.9 Å². The maximum Gasteiger partial charge on any atom is 0.133 e. The SMILES string of the molecule is CN(c1ccnc(C2CC2)n1)C1CCN(Cc2ccc(Cl)cc2)C1. The van der Waals surface area contributed by atoms with E-state index < -0.39 is 0 Å². The van der Waals surface area contributed by atoms with Gasteiger partial charge in [-0.25, -0.2) is 9.97 Å². The van der Waals surface area contributed by atoms with E-state index in [0.29, 0.717) is 12.0 Å². The minimum atomic E-state index is 0.513. The Kier molecular flexibility index (Phi) is 4.42. The third kappa shape index (κ3) is 3.55. The molecule has 4 rings (SSSR count). The van der Waals surface area contributed by atoms with Crippen LogP contribution in [0.2, 0.25) is 5.02 Å². The van der Waals surface area contributed by atoms with E-state index in [0.717, 1.165) is 36.3 Å². The van der Waals surface area contributed by atoms with Gasteiger partial charge in [0.1, 0.15) is 11.6 Å². The number of anilines is 1. The van der Waals surface area contributed by atoms with Crippen molar-refractivity contribution in [2.45, 2.75) is 37.8 Å². The molecule has 2 aliphatic rings. The van der Waals surface area contributed by atoms with Crippen LogP contribution in [0.5, 0.6) is 0 Å². The molecule has 1 atom stereocenters. The molecule has 1 unspecified atom stereocenters. The van der Waals surface area contributed by atoms with Crippen molar-refractivity contribution in [1.29, 1.82) is 0 Å². The summed E-state index contributed by atoms with van der Waals surface area (Å²) in [6, 6.07) is 10.7. The Bertz CT molecular complexity index is 699. The maximum absolute atomic E-state index is 5.97. The highest BCUT2D eigenvalue weighted by Crippen LogP contribution is 2.38. The van der Waals surface area contributed by atoms with Gasteiger partial charge in [-0.15, -0.1) is 0 Å². The Hall–Kier alpha value is -1.65. The second-order valence-electron chi connectivity index (χ2n) is 6.96. The van der Waals surface area contributed by atoms with Gasteiger partial charge in [-0.2, -0.15) is 0 Å². The molecule has 0 radical (unpaired) electrons. The van der Waals surface area contributed by atoms with E-state index in [1.165, 1.54) is 24.8 Å². The van der Waals surface area contributed by atoms with Crippen LogP contribution in [0, 0.1) is 0 Å². The number of likely N-dealkylation sites (N-methyl/N-ethyl adjacent to an activating group) is 1. The molecule has 5 heteroatoms. The summed E-state index contributed by atoms with van der Waals surface area (Å²) in [7, 11) is 2.16. The minimum Gasteiger partial charge on any atom is -0.355 e. The van der Waals surface area contributed by atoms with Gasteiger partial charge in [0.2, 0.25) is 0 Å². The lowest BCUT2D eigenvalue weighted by molar-refractivity contribution is 0.326. The van der Waals surface area contributed by atoms with Crippen molar-refractivity contribution >= 4 is 17.4 Å². The highest BCUT2D eigenvalue weighted by Gasteiger charge is 2.29. The van der Waals surface area contributed by atoms with E-state index in [1.54, 1.807) is 0 Å². The first-order chi connectivity index (χ1) is 11.7. The monoisotopic (exact) mass is 342 g/mol. The Morgan fingerprint density at radius 1 is 1.17 bits per heavy atom. The summed E-state index contributed by atoms with van der Waals surface area (Å²) < 4.78 is 0. The van der Waals surface area contributed by atoms with Gasteiger partial charge in [0.15, 0.2) is 0 Å². The van der Waals surface area contributed by atoms with Gasteiger partial charge in [-0.05, 0) is 43.0 Å². The summed E-state index contributed by atoms with van der Waals surface area (Å²) >= 11 is 5.97. The second-order valence-corrected chi connectivity index (χ2v) is 7.40. The molecule has 2 fully saturated rings. The van der Waals surface area contributed by atoms with Gasteiger partial charge < -0.3 is 4.90 Å². The van der Waals surface area contributed by atoms with Crippen LogP contribution in [0.15, 0.2) is 36.5 Å². The van der Waals surface area contributed by atoms with Crippen LogP contribution in [-0.4, -0.2) is 41.0 Å². The Morgan fingerprint density at radius 3 is 2.71 bits per heavy atom. The van der Waals surface area contributed by atoms with Crippen LogP contribution >= 0.6 is 11.6 Å². The summed E-state index contributed by atoms with van der Waals surface area (Å²) in [6.07, 6.45) is 5.57. The molecule has 0 amide bonds. The smallest absolute Gasteiger partial charge is 0.133 e. The summed E-state index contributed by atoms with van der Waals surface area (Å²) in [6.45, 7) is 3.18. The predicted octanol–water partition coefficient (Wildman–Crippen LogP) is 3.72. The Labute approximate surface area is 148 Å². The quantitative estimate of drug-likeness (QED) is 0.829. The van der Waals surface area contributed by atoms with Crippen molar-refractivity contribution in [3.05, 3.63) is 52.9 Å². The summed E-state index contributed by atoms with van der Waals surface area (Å²) in [5.41, 5.74) is 1.32. The topological polar surface area (TPSA) is 32.3 Å². The Morgan fingerprint density at radius 2 is 1.96 bits per heavy atom. The number of hydrogen-bond acceptors (Lipinski definition) is 4. The molecule has 0 bridgehead atoms. The van der Waals surface area contributed by atoms with E-state index in [1.807, 2.05) is 24.4 Å². The molecule has 1 aliphatic carbocycles. The molecule has 1 saturated carbocycles. The van der Waals surface area contributed by atoms with E-state index in [2.05, 4.69) is 34.0 Å². The molecule has 2 heterocycles. The molecule has 1 saturated heterocycles. The number of likely N-dealkylation sites (tertiary alicyclic amines) is 1. The molecule has 4 nitrogen and oxygen atoms in total. The summed E-state index contributed by atoms with van der Waals surface area (Å²) in [4.78, 5) is 14.0. The number of nitrogens with zero attached hydrogens (tertiary/aromatic N) is 4. The minimum absolute atomic E-state index is 0.513. The third-order valence-electron chi connectivity index (χ3n) is 5.08. The van der Waals surface area contributed by atoms with Crippen molar-refractivity contribution in [3.8, 4) is 0 Å². The van der Waals surface area contributed by atoms with Crippen LogP contribution in [-0.2, 0) is 6.54 Å². The summed E-state index contributed by atoms with van der Waals surface area (Å²) in [5.74, 6) is 2.68. The maximum atomic E-state index is 5.97. The molecule has 126 valence electrons. The molecule has 1 aromatic heterocycles. The van der Waals surface area contributed by atoms with Crippen molar-refractivity contribution in [2.24, 2.45) is 0 Å². The predicted molar refractivity (Wildman–Crippen MR) is 97.5 cm³/mol. The van der Waals surface area contributed by atoms with E-state index >= 15 is 0 Å². The highest BCUT2D eigenvalue weighted by atomic mass is 35.5. The lowest BCUT2D eigenvalue weighted by Crippen LogP contribution is -2.35. The number of rotatable bonds is 5. The largest absolute Gasteiger partial charge is 0.355 e. The van der Waals surface area contributed by atoms with Crippen LogP contribution in [0.25, 0.3) is 0 Å². The second kappa shape index (κ2) is 6.69. The fourth-order valence-electron chi connectivity index (χ4n) is 3.41. The fourth-order valence-corrected chi connectivity index (χ4v) is 3.53. The van der Waals surface area contributed by atoms with Gasteiger partial charge in [0.05, 0.1) is 0 Å². The summed E-state index contributed by atoms with van der Waals surface area (Å²) in [5, 5.41) is 0.799. The van der Waals surface area contributed by atoms with Gasteiger partial charge in [-0.1, -0.05) is 23.7 Å². The van der Waals surface area contributed by atoms with Gasteiger partial charge >= 0.3 is 0 Å². The van der Waals surface area contributed by atoms with Crippen LogP contribution in [0.3, 0.4) is 0 Å². The van der Waals surface area contributed by atoms with Crippen LogP contribution < -0.4 is 4.90 Å². The van der Waals surface area contributed by atoms with Crippen molar-refractivity contribution < 1.29 is 0 Å². The average Bonchev–Trinajstić information content (AvgIpc) is 3.36. The zero-order valence-corrected chi connectivity index (χ0v) is 14.8. The molecule has 24 heavy (non-hydrogen) atoms. The number of aromatic nitrogens is 2. The molecule has 0 N–H and O–H groups in total. The standard InChI is InChI=1S/C19H23ClN4/c1-23(18-8-10-21-19(22-18)15-4-5-15)17-9-11-24(13-17)12-14-2-6-16(20)7-3-14/h2-3,6-8,10,15,17H,4-5,9,11-13H2,1H3. The molecular formula is C19H23ClN4. The molecule has 1 aromatic carbocycles. The normalized spacial score (nSPS) is 21.2. The number of halogens is 1. The molecule has 2 aromatic rings. The van der Waals surface area contributed by atoms with Gasteiger partial charge in [-0.3, -0.25) is 4.90 Å². The zero-order chi connectivity index (χ0) is 16.5. The zero-order valence-electron chi connectivity index (χ0n) is 14.0. The average molecular weight is 343 g/mol. The fraction of sp³-hybridized carbons (Fsp3) is 0.474. The van der Waals surface area contributed by atoms with Gasteiger partial charge in [0.25, 0.3) is 0 Å². The van der Waals surface area contributed by atoms with E-state index in [9.17, 15) is 0 Å². The first-order valence-electron chi connectivity index (χ1n) is 8.71. The molecule has 1 aliphatic heterocycles. The van der Waals surface area contributed by atoms with Crippen LogP contribution in [0.1, 0.15) is 36.6 Å².